The Morgan fingerprint density at radius 1 is 1.25 bits per heavy atom. The van der Waals surface area contributed by atoms with Crippen molar-refractivity contribution < 1.29 is 9.83 Å². The summed E-state index contributed by atoms with van der Waals surface area (Å²) in [5.41, 5.74) is 3.09. The number of nitrogens with one attached hydrogen (secondary N) is 1. The maximum absolute atomic E-state index is 11.5. The molecule has 6 nitrogen and oxygen atoms in total. The van der Waals surface area contributed by atoms with Crippen molar-refractivity contribution in [3.05, 3.63) is 51.6 Å². The first kappa shape index (κ1) is 10.0. The molecule has 2 rings (SSSR count). The minimum atomic E-state index is -0.818. The van der Waals surface area contributed by atoms with E-state index in [0.29, 0.717) is 5.56 Å². The van der Waals surface area contributed by atoms with Gasteiger partial charge in [-0.2, -0.15) is 0 Å². The molecule has 0 saturated heterocycles. The van der Waals surface area contributed by atoms with Crippen LogP contribution in [-0.4, -0.2) is 16.5 Å². The SMILES string of the molecule is O=C1C=Cc2ccccc2C1=NN[N+](=O)[O-]. The Kier molecular flexibility index (Phi) is 2.47. The van der Waals surface area contributed by atoms with Crippen molar-refractivity contribution in [2.75, 3.05) is 0 Å². The number of hydrazine groups is 1. The highest BCUT2D eigenvalue weighted by molar-refractivity contribution is 6.52. The van der Waals surface area contributed by atoms with Gasteiger partial charge >= 0.3 is 0 Å². The number of ketones is 1. The molecule has 0 heterocycles. The molecule has 0 fully saturated rings. The monoisotopic (exact) mass is 217 g/mol. The van der Waals surface area contributed by atoms with Gasteiger partial charge < -0.3 is 10.1 Å². The highest BCUT2D eigenvalue weighted by Gasteiger charge is 2.23. The van der Waals surface area contributed by atoms with E-state index in [1.807, 2.05) is 6.07 Å². The summed E-state index contributed by atoms with van der Waals surface area (Å²) in [7, 11) is 0. The molecular formula is C10H7N3O3. The lowest BCUT2D eigenvalue weighted by molar-refractivity contribution is -0.544. The Hall–Kier alpha value is -2.50. The van der Waals surface area contributed by atoms with Crippen LogP contribution in [0.1, 0.15) is 11.1 Å². The second-order valence-electron chi connectivity index (χ2n) is 3.10. The third kappa shape index (κ3) is 1.81. The molecule has 1 aromatic rings. The van der Waals surface area contributed by atoms with Crippen LogP contribution in [0.5, 0.6) is 0 Å². The molecule has 0 atom stereocenters. The average Bonchev–Trinajstić information content (AvgIpc) is 2.27. The fourth-order valence-corrected chi connectivity index (χ4v) is 1.44. The van der Waals surface area contributed by atoms with Gasteiger partial charge in [-0.25, -0.2) is 0 Å². The Morgan fingerprint density at radius 3 is 2.75 bits per heavy atom. The maximum Gasteiger partial charge on any atom is 0.255 e. The van der Waals surface area contributed by atoms with Crippen molar-refractivity contribution in [3.8, 4) is 0 Å². The van der Waals surface area contributed by atoms with Crippen molar-refractivity contribution in [2.45, 2.75) is 0 Å². The summed E-state index contributed by atoms with van der Waals surface area (Å²) in [6.45, 7) is 0. The molecule has 1 aromatic carbocycles. The Morgan fingerprint density at radius 2 is 2.00 bits per heavy atom. The second-order valence-corrected chi connectivity index (χ2v) is 3.10. The van der Waals surface area contributed by atoms with Crippen LogP contribution in [0.3, 0.4) is 0 Å². The quantitative estimate of drug-likeness (QED) is 0.585. The Labute approximate surface area is 90.4 Å². The zero-order chi connectivity index (χ0) is 11.5. The standard InChI is InChI=1S/C10H7N3O3/c14-9-6-5-7-3-1-2-4-8(7)10(9)11-12-13(15)16/h1-6,12H. The number of carbonyl (C=O) groups excluding carboxylic acids is 1. The molecule has 0 saturated carbocycles. The topological polar surface area (TPSA) is 84.6 Å². The number of nitrogens with zero attached hydrogens (tertiary/aromatic N) is 2. The summed E-state index contributed by atoms with van der Waals surface area (Å²) >= 11 is 0. The van der Waals surface area contributed by atoms with E-state index < -0.39 is 5.03 Å². The van der Waals surface area contributed by atoms with Gasteiger partial charge in [0.25, 0.3) is 5.71 Å². The van der Waals surface area contributed by atoms with Crippen molar-refractivity contribution in [1.82, 2.24) is 5.53 Å². The molecule has 0 amide bonds. The van der Waals surface area contributed by atoms with E-state index in [2.05, 4.69) is 5.10 Å². The molecule has 0 aliphatic heterocycles. The molecule has 80 valence electrons. The molecule has 16 heavy (non-hydrogen) atoms. The molecule has 0 aromatic heterocycles. The molecule has 0 spiro atoms. The summed E-state index contributed by atoms with van der Waals surface area (Å²) in [6, 6.07) is 7.06. The van der Waals surface area contributed by atoms with E-state index in [4.69, 9.17) is 0 Å². The Balaban J connectivity index is 2.45. The van der Waals surface area contributed by atoms with Crippen molar-refractivity contribution in [1.29, 1.82) is 0 Å². The van der Waals surface area contributed by atoms with Gasteiger partial charge in [0.15, 0.2) is 0 Å². The summed E-state index contributed by atoms with van der Waals surface area (Å²) in [5.74, 6) is -0.354. The van der Waals surface area contributed by atoms with Gasteiger partial charge in [-0.05, 0) is 23.2 Å². The number of nitro groups is 1. The normalized spacial score (nSPS) is 16.0. The Bertz CT molecular complexity index is 520. The first-order valence-corrected chi connectivity index (χ1v) is 4.48. The molecule has 1 aliphatic rings. The van der Waals surface area contributed by atoms with E-state index >= 15 is 0 Å². The minimum Gasteiger partial charge on any atom is -0.339 e. The van der Waals surface area contributed by atoms with Crippen LogP contribution in [-0.2, 0) is 4.79 Å². The zero-order valence-electron chi connectivity index (χ0n) is 8.08. The van der Waals surface area contributed by atoms with Crippen LogP contribution in [0.25, 0.3) is 6.08 Å². The van der Waals surface area contributed by atoms with E-state index in [-0.39, 0.29) is 11.5 Å². The molecule has 0 bridgehead atoms. The van der Waals surface area contributed by atoms with Gasteiger partial charge in [-0.1, -0.05) is 24.3 Å². The van der Waals surface area contributed by atoms with Gasteiger partial charge in [0.2, 0.25) is 5.78 Å². The number of rotatable bonds is 2. The first-order chi connectivity index (χ1) is 7.68. The lowest BCUT2D eigenvalue weighted by Crippen LogP contribution is -2.24. The number of carbonyl (C=O) groups is 1. The number of benzene rings is 1. The molecule has 1 N–H and O–H groups in total. The van der Waals surface area contributed by atoms with Crippen LogP contribution < -0.4 is 5.53 Å². The predicted molar refractivity (Wildman–Crippen MR) is 57.2 cm³/mol. The number of allylic oxidation sites excluding steroid dienone is 1. The van der Waals surface area contributed by atoms with Gasteiger partial charge in [-0.3, -0.25) is 4.79 Å². The lowest BCUT2D eigenvalue weighted by atomic mass is 9.95. The largest absolute Gasteiger partial charge is 0.339 e. The van der Waals surface area contributed by atoms with Gasteiger partial charge in [0.1, 0.15) is 0 Å². The summed E-state index contributed by atoms with van der Waals surface area (Å²) in [6.07, 6.45) is 2.99. The second kappa shape index (κ2) is 3.93. The average molecular weight is 217 g/mol. The molecule has 6 heteroatoms. The maximum atomic E-state index is 11.5. The third-order valence-electron chi connectivity index (χ3n) is 2.11. The molecule has 0 radical (unpaired) electrons. The van der Waals surface area contributed by atoms with Gasteiger partial charge in [0.05, 0.1) is 5.03 Å². The smallest absolute Gasteiger partial charge is 0.255 e. The number of hydrazone groups is 1. The highest BCUT2D eigenvalue weighted by atomic mass is 16.7. The van der Waals surface area contributed by atoms with E-state index in [1.165, 1.54) is 6.08 Å². The zero-order valence-corrected chi connectivity index (χ0v) is 8.08. The summed E-state index contributed by atoms with van der Waals surface area (Å²) in [4.78, 5) is 21.6. The van der Waals surface area contributed by atoms with E-state index in [1.54, 1.807) is 29.8 Å². The fourth-order valence-electron chi connectivity index (χ4n) is 1.44. The summed E-state index contributed by atoms with van der Waals surface area (Å²) in [5, 5.41) is 12.8. The van der Waals surface area contributed by atoms with Crippen LogP contribution in [0.2, 0.25) is 0 Å². The summed E-state index contributed by atoms with van der Waals surface area (Å²) < 4.78 is 0. The fraction of sp³-hybridized carbons (Fsp3) is 0. The highest BCUT2D eigenvalue weighted by Crippen LogP contribution is 2.17. The van der Waals surface area contributed by atoms with Crippen LogP contribution in [0.15, 0.2) is 35.4 Å². The minimum absolute atomic E-state index is 0.0507. The first-order valence-electron chi connectivity index (χ1n) is 4.48. The van der Waals surface area contributed by atoms with Crippen molar-refractivity contribution >= 4 is 17.6 Å². The van der Waals surface area contributed by atoms with Gasteiger partial charge in [0, 0.05) is 10.7 Å². The molecule has 1 aliphatic carbocycles. The number of hydrogen-bond donors (Lipinski definition) is 1. The van der Waals surface area contributed by atoms with Crippen LogP contribution in [0.4, 0.5) is 0 Å². The molecule has 0 unspecified atom stereocenters. The van der Waals surface area contributed by atoms with Crippen LogP contribution in [0, 0.1) is 10.1 Å². The van der Waals surface area contributed by atoms with Gasteiger partial charge in [-0.15, -0.1) is 0 Å². The van der Waals surface area contributed by atoms with Crippen LogP contribution >= 0.6 is 0 Å². The van der Waals surface area contributed by atoms with E-state index in [9.17, 15) is 14.9 Å². The predicted octanol–water partition coefficient (Wildman–Crippen LogP) is 0.768. The lowest BCUT2D eigenvalue weighted by Gasteiger charge is -2.07. The van der Waals surface area contributed by atoms with E-state index in [0.717, 1.165) is 5.56 Å². The van der Waals surface area contributed by atoms with Crippen molar-refractivity contribution in [2.24, 2.45) is 5.10 Å². The van der Waals surface area contributed by atoms with Crippen molar-refractivity contribution in [3.63, 3.8) is 0 Å². The molecular weight excluding hydrogens is 210 g/mol. The number of fused-ring (bicyclic) bond motifs is 1. The number of hydrogen-bond acceptors (Lipinski definition) is 4. The third-order valence-corrected chi connectivity index (χ3v) is 2.11.